The average Bonchev–Trinajstić information content (AvgIpc) is 2.33. The summed E-state index contributed by atoms with van der Waals surface area (Å²) in [5, 5.41) is 0. The maximum Gasteiger partial charge on any atom is 0.416 e. The van der Waals surface area contributed by atoms with E-state index in [-0.39, 0.29) is 10.6 Å². The smallest absolute Gasteiger partial charge is 0.398 e. The van der Waals surface area contributed by atoms with Gasteiger partial charge in [-0.05, 0) is 31.0 Å². The lowest BCUT2D eigenvalue weighted by molar-refractivity contribution is -0.137. The molecular formula is C12H16F3NO2S. The Hall–Kier alpha value is -1.08. The molecule has 0 saturated carbocycles. The van der Waals surface area contributed by atoms with Crippen molar-refractivity contribution in [2.45, 2.75) is 23.9 Å². The van der Waals surface area contributed by atoms with Gasteiger partial charge in [0, 0.05) is 25.2 Å². The standard InChI is InChI=1S/C12H16F3NO2S/c1-18-6-2-3-7-19(17)11-5-4-9(8-10(11)16)12(13,14)15/h4-5,8H,2-3,6-7,16H2,1H3. The maximum atomic E-state index is 12.4. The van der Waals surface area contributed by atoms with E-state index in [4.69, 9.17) is 10.5 Å². The zero-order valence-electron chi connectivity index (χ0n) is 10.5. The summed E-state index contributed by atoms with van der Waals surface area (Å²) in [5.74, 6) is 0.360. The molecule has 0 heterocycles. The highest BCUT2D eigenvalue weighted by molar-refractivity contribution is 7.85. The van der Waals surface area contributed by atoms with E-state index < -0.39 is 22.5 Å². The summed E-state index contributed by atoms with van der Waals surface area (Å²) in [4.78, 5) is 0.255. The van der Waals surface area contributed by atoms with E-state index in [1.807, 2.05) is 0 Å². The molecule has 1 unspecified atom stereocenters. The van der Waals surface area contributed by atoms with Crippen molar-refractivity contribution >= 4 is 16.5 Å². The fourth-order valence-electron chi connectivity index (χ4n) is 1.52. The zero-order valence-corrected chi connectivity index (χ0v) is 11.3. The van der Waals surface area contributed by atoms with Crippen molar-refractivity contribution in [1.82, 2.24) is 0 Å². The molecule has 7 heteroatoms. The summed E-state index contributed by atoms with van der Waals surface area (Å²) < 4.78 is 54.1. The molecule has 1 atom stereocenters. The lowest BCUT2D eigenvalue weighted by Crippen LogP contribution is -2.08. The van der Waals surface area contributed by atoms with Crippen LogP contribution in [0.15, 0.2) is 23.1 Å². The van der Waals surface area contributed by atoms with Crippen molar-refractivity contribution in [2.24, 2.45) is 0 Å². The van der Waals surface area contributed by atoms with E-state index in [2.05, 4.69) is 0 Å². The predicted octanol–water partition coefficient (Wildman–Crippen LogP) is 2.82. The molecule has 0 bridgehead atoms. The van der Waals surface area contributed by atoms with Gasteiger partial charge in [0.25, 0.3) is 0 Å². The van der Waals surface area contributed by atoms with Gasteiger partial charge in [-0.25, -0.2) is 0 Å². The van der Waals surface area contributed by atoms with Crippen molar-refractivity contribution < 1.29 is 22.1 Å². The van der Waals surface area contributed by atoms with E-state index in [1.165, 1.54) is 6.07 Å². The minimum Gasteiger partial charge on any atom is -0.398 e. The lowest BCUT2D eigenvalue weighted by atomic mass is 10.2. The Morgan fingerprint density at radius 2 is 2.00 bits per heavy atom. The first-order valence-corrected chi connectivity index (χ1v) is 7.02. The Bertz CT molecular complexity index is 449. The molecule has 0 radical (unpaired) electrons. The van der Waals surface area contributed by atoms with Crippen LogP contribution in [0.3, 0.4) is 0 Å². The fourth-order valence-corrected chi connectivity index (χ4v) is 2.75. The largest absolute Gasteiger partial charge is 0.416 e. The third-order valence-electron chi connectivity index (χ3n) is 2.51. The fraction of sp³-hybridized carbons (Fsp3) is 0.500. The molecule has 0 aliphatic heterocycles. The molecule has 0 saturated heterocycles. The third kappa shape index (κ3) is 4.83. The van der Waals surface area contributed by atoms with Gasteiger partial charge in [-0.1, -0.05) is 0 Å². The summed E-state index contributed by atoms with van der Waals surface area (Å²) in [6, 6.07) is 2.91. The SMILES string of the molecule is COCCCCS(=O)c1ccc(C(F)(F)F)cc1N. The number of ether oxygens (including phenoxy) is 1. The monoisotopic (exact) mass is 295 g/mol. The van der Waals surface area contributed by atoms with E-state index in [0.717, 1.165) is 18.6 Å². The molecule has 0 spiro atoms. The van der Waals surface area contributed by atoms with Crippen molar-refractivity contribution in [3.8, 4) is 0 Å². The number of unbranched alkanes of at least 4 members (excludes halogenated alkanes) is 1. The van der Waals surface area contributed by atoms with Crippen LogP contribution in [0.4, 0.5) is 18.9 Å². The van der Waals surface area contributed by atoms with Crippen molar-refractivity contribution in [1.29, 1.82) is 0 Å². The molecule has 0 aliphatic carbocycles. The number of hydrogen-bond donors (Lipinski definition) is 1. The zero-order chi connectivity index (χ0) is 14.5. The highest BCUT2D eigenvalue weighted by Crippen LogP contribution is 2.32. The molecule has 0 fully saturated rings. The Morgan fingerprint density at radius 1 is 1.32 bits per heavy atom. The Kier molecular flexibility index (Phi) is 5.81. The maximum absolute atomic E-state index is 12.4. The number of rotatable bonds is 6. The first-order valence-electron chi connectivity index (χ1n) is 5.70. The first kappa shape index (κ1) is 16.0. The summed E-state index contributed by atoms with van der Waals surface area (Å²) >= 11 is 0. The van der Waals surface area contributed by atoms with Gasteiger partial charge in [0.1, 0.15) is 0 Å². The van der Waals surface area contributed by atoms with Gasteiger partial charge in [-0.2, -0.15) is 13.2 Å². The van der Waals surface area contributed by atoms with Gasteiger partial charge >= 0.3 is 6.18 Å². The second kappa shape index (κ2) is 6.91. The van der Waals surface area contributed by atoms with Crippen LogP contribution in [-0.2, 0) is 21.7 Å². The van der Waals surface area contributed by atoms with Crippen molar-refractivity contribution in [3.05, 3.63) is 23.8 Å². The lowest BCUT2D eigenvalue weighted by Gasteiger charge is -2.10. The van der Waals surface area contributed by atoms with E-state index in [9.17, 15) is 17.4 Å². The summed E-state index contributed by atoms with van der Waals surface area (Å²) in [5.41, 5.74) is 4.62. The molecule has 1 aromatic rings. The van der Waals surface area contributed by atoms with Gasteiger partial charge in [0.2, 0.25) is 0 Å². The van der Waals surface area contributed by atoms with Crippen LogP contribution < -0.4 is 5.73 Å². The van der Waals surface area contributed by atoms with Gasteiger partial charge in [-0.15, -0.1) is 0 Å². The van der Waals surface area contributed by atoms with Crippen LogP contribution in [0, 0.1) is 0 Å². The Morgan fingerprint density at radius 3 is 2.53 bits per heavy atom. The number of benzene rings is 1. The predicted molar refractivity (Wildman–Crippen MR) is 68.2 cm³/mol. The highest BCUT2D eigenvalue weighted by Gasteiger charge is 2.31. The van der Waals surface area contributed by atoms with Crippen LogP contribution in [0.2, 0.25) is 0 Å². The molecule has 2 N–H and O–H groups in total. The minimum atomic E-state index is -4.44. The topological polar surface area (TPSA) is 52.3 Å². The second-order valence-electron chi connectivity index (χ2n) is 4.00. The summed E-state index contributed by atoms with van der Waals surface area (Å²) in [6.45, 7) is 0.569. The molecule has 0 amide bonds. The van der Waals surface area contributed by atoms with Crippen molar-refractivity contribution in [2.75, 3.05) is 25.2 Å². The number of methoxy groups -OCH3 is 1. The number of nitrogen functional groups attached to an aromatic ring is 1. The van der Waals surface area contributed by atoms with Crippen LogP contribution in [0.1, 0.15) is 18.4 Å². The van der Waals surface area contributed by atoms with Gasteiger partial charge in [0.05, 0.1) is 21.3 Å². The molecule has 0 aromatic heterocycles. The molecule has 3 nitrogen and oxygen atoms in total. The number of alkyl halides is 3. The number of halogens is 3. The number of hydrogen-bond acceptors (Lipinski definition) is 3. The minimum absolute atomic E-state index is 0.0834. The summed E-state index contributed by atoms with van der Waals surface area (Å²) in [7, 11) is 0.193. The van der Waals surface area contributed by atoms with E-state index in [0.29, 0.717) is 18.8 Å². The Balaban J connectivity index is 2.71. The molecular weight excluding hydrogens is 279 g/mol. The van der Waals surface area contributed by atoms with Crippen LogP contribution in [0.25, 0.3) is 0 Å². The Labute approximate surface area is 112 Å². The van der Waals surface area contributed by atoms with Crippen LogP contribution in [0.5, 0.6) is 0 Å². The van der Waals surface area contributed by atoms with Crippen molar-refractivity contribution in [3.63, 3.8) is 0 Å². The number of anilines is 1. The van der Waals surface area contributed by atoms with Gasteiger partial charge < -0.3 is 10.5 Å². The highest BCUT2D eigenvalue weighted by atomic mass is 32.2. The molecule has 0 aliphatic rings. The molecule has 108 valence electrons. The van der Waals surface area contributed by atoms with Gasteiger partial charge in [0.15, 0.2) is 0 Å². The first-order chi connectivity index (χ1) is 8.86. The quantitative estimate of drug-likeness (QED) is 0.648. The third-order valence-corrected chi connectivity index (χ3v) is 4.03. The van der Waals surface area contributed by atoms with E-state index >= 15 is 0 Å². The van der Waals surface area contributed by atoms with Gasteiger partial charge in [-0.3, -0.25) is 4.21 Å². The average molecular weight is 295 g/mol. The normalized spacial score (nSPS) is 13.5. The molecule has 1 rings (SSSR count). The second-order valence-corrected chi connectivity index (χ2v) is 5.54. The molecule has 19 heavy (non-hydrogen) atoms. The van der Waals surface area contributed by atoms with E-state index in [1.54, 1.807) is 7.11 Å². The summed E-state index contributed by atoms with van der Waals surface area (Å²) in [6.07, 6.45) is -3.02. The molecule has 1 aromatic carbocycles. The van der Waals surface area contributed by atoms with Crippen LogP contribution >= 0.6 is 0 Å². The van der Waals surface area contributed by atoms with Crippen LogP contribution in [-0.4, -0.2) is 23.7 Å². The number of nitrogens with two attached hydrogens (primary N) is 1.